The van der Waals surface area contributed by atoms with E-state index in [1.807, 2.05) is 10.6 Å². The largest absolute Gasteiger partial charge is 0.497 e. The summed E-state index contributed by atoms with van der Waals surface area (Å²) in [6.45, 7) is 1.87. The number of ether oxygens (including phenoxy) is 3. The van der Waals surface area contributed by atoms with Crippen molar-refractivity contribution in [2.24, 2.45) is 11.3 Å². The minimum Gasteiger partial charge on any atom is -0.497 e. The SMILES string of the molecule is COc1ccc(N2C(=O)NC(=O)[C@](Cc3ccc(OC)c(OC)c3)(CN3C[C@@H]4C[C@H](C3)c3cccc(=O)n3C4)C2=O)cc1. The minimum atomic E-state index is -1.63. The molecule has 1 N–H and O–H groups in total. The number of urea groups is 1. The van der Waals surface area contributed by atoms with E-state index in [0.717, 1.165) is 17.0 Å². The Morgan fingerprint density at radius 2 is 1.63 bits per heavy atom. The summed E-state index contributed by atoms with van der Waals surface area (Å²) >= 11 is 0. The Morgan fingerprint density at radius 1 is 0.860 bits per heavy atom. The third-order valence-electron chi connectivity index (χ3n) is 8.80. The first kappa shape index (κ1) is 28.5. The van der Waals surface area contributed by atoms with Crippen molar-refractivity contribution < 1.29 is 28.6 Å². The van der Waals surface area contributed by atoms with Gasteiger partial charge in [0.05, 0.1) is 27.0 Å². The average molecular weight is 587 g/mol. The number of carbonyl (C=O) groups is 3. The van der Waals surface area contributed by atoms with Crippen LogP contribution < -0.4 is 30.0 Å². The number of methoxy groups -OCH3 is 3. The van der Waals surface area contributed by atoms with Crippen LogP contribution in [0.3, 0.4) is 0 Å². The van der Waals surface area contributed by atoms with Crippen molar-refractivity contribution in [3.05, 3.63) is 82.3 Å². The molecule has 224 valence electrons. The number of benzene rings is 2. The Balaban J connectivity index is 1.39. The van der Waals surface area contributed by atoms with Crippen LogP contribution in [-0.2, 0) is 22.6 Å². The maximum atomic E-state index is 14.6. The van der Waals surface area contributed by atoms with Crippen LogP contribution in [0.1, 0.15) is 23.6 Å². The number of anilines is 1. The molecule has 3 aliphatic heterocycles. The smallest absolute Gasteiger partial charge is 0.335 e. The molecule has 1 aromatic heterocycles. The topological polar surface area (TPSA) is 119 Å². The van der Waals surface area contributed by atoms with Gasteiger partial charge in [-0.25, -0.2) is 9.69 Å². The second-order valence-corrected chi connectivity index (χ2v) is 11.4. The Labute approximate surface area is 248 Å². The summed E-state index contributed by atoms with van der Waals surface area (Å²) in [4.78, 5) is 57.4. The third-order valence-corrected chi connectivity index (χ3v) is 8.80. The third kappa shape index (κ3) is 5.03. The predicted molar refractivity (Wildman–Crippen MR) is 158 cm³/mol. The Bertz CT molecular complexity index is 1640. The Kier molecular flexibility index (Phi) is 7.43. The molecule has 0 aliphatic carbocycles. The van der Waals surface area contributed by atoms with Crippen LogP contribution in [0.2, 0.25) is 0 Å². The van der Waals surface area contributed by atoms with E-state index in [1.54, 1.807) is 54.6 Å². The van der Waals surface area contributed by atoms with E-state index in [1.165, 1.54) is 21.3 Å². The average Bonchev–Trinajstić information content (AvgIpc) is 3.01. The van der Waals surface area contributed by atoms with Crippen LogP contribution in [0.15, 0.2) is 65.5 Å². The first-order valence-corrected chi connectivity index (χ1v) is 14.2. The van der Waals surface area contributed by atoms with Gasteiger partial charge in [-0.3, -0.25) is 19.7 Å². The summed E-state index contributed by atoms with van der Waals surface area (Å²) in [7, 11) is 4.59. The fraction of sp³-hybridized carbons (Fsp3) is 0.375. The molecule has 0 radical (unpaired) electrons. The second kappa shape index (κ2) is 11.2. The van der Waals surface area contributed by atoms with Crippen LogP contribution in [0, 0.1) is 11.3 Å². The Hall–Kier alpha value is -4.64. The molecule has 2 saturated heterocycles. The molecule has 2 fully saturated rings. The van der Waals surface area contributed by atoms with Gasteiger partial charge < -0.3 is 23.7 Å². The number of nitrogens with zero attached hydrogens (tertiary/aromatic N) is 3. The minimum absolute atomic E-state index is 0.0129. The molecular formula is C32H34N4O7. The summed E-state index contributed by atoms with van der Waals surface area (Å²) in [6, 6.07) is 16.4. The number of aromatic nitrogens is 1. The highest BCUT2D eigenvalue weighted by atomic mass is 16.5. The number of hydrogen-bond acceptors (Lipinski definition) is 8. The summed E-state index contributed by atoms with van der Waals surface area (Å²) in [6.07, 6.45) is 0.957. The molecule has 0 unspecified atom stereocenters. The molecule has 4 heterocycles. The molecule has 0 spiro atoms. The molecule has 0 saturated carbocycles. The monoisotopic (exact) mass is 586 g/mol. The van der Waals surface area contributed by atoms with Crippen LogP contribution >= 0.6 is 0 Å². The first-order valence-electron chi connectivity index (χ1n) is 14.2. The van der Waals surface area contributed by atoms with E-state index in [0.29, 0.717) is 48.1 Å². The van der Waals surface area contributed by atoms with Gasteiger partial charge >= 0.3 is 6.03 Å². The van der Waals surface area contributed by atoms with Crippen molar-refractivity contribution in [2.45, 2.75) is 25.3 Å². The van der Waals surface area contributed by atoms with Crippen LogP contribution in [-0.4, -0.2) is 68.3 Å². The lowest BCUT2D eigenvalue weighted by Crippen LogP contribution is -2.68. The lowest BCUT2D eigenvalue weighted by Gasteiger charge is -2.47. The molecule has 43 heavy (non-hydrogen) atoms. The van der Waals surface area contributed by atoms with Gasteiger partial charge in [0.25, 0.3) is 11.5 Å². The number of rotatable bonds is 8. The number of barbiturate groups is 1. The molecule has 3 atom stereocenters. The van der Waals surface area contributed by atoms with E-state index >= 15 is 0 Å². The van der Waals surface area contributed by atoms with E-state index in [-0.39, 0.29) is 30.4 Å². The van der Waals surface area contributed by atoms with Crippen molar-refractivity contribution in [3.63, 3.8) is 0 Å². The standard InChI is InChI=1S/C32H34N4O7/c1-41-24-10-8-23(9-11-24)36-30(39)32(29(38)33-31(36)40,15-20-7-12-26(42-2)27(14-20)43-3)19-34-16-21-13-22(18-34)25-5-4-6-28(37)35(25)17-21/h4-12,14,21-22H,13,15-19H2,1-3H3,(H,33,38,40)/t21-,22+,32-/m0/s1. The van der Waals surface area contributed by atoms with Crippen LogP contribution in [0.25, 0.3) is 0 Å². The van der Waals surface area contributed by atoms with E-state index in [9.17, 15) is 19.2 Å². The normalized spacial score (nSPS) is 23.4. The molecule has 3 aromatic rings. The van der Waals surface area contributed by atoms with Gasteiger partial charge in [0, 0.05) is 43.9 Å². The van der Waals surface area contributed by atoms with Crippen molar-refractivity contribution in [3.8, 4) is 17.2 Å². The van der Waals surface area contributed by atoms with Crippen molar-refractivity contribution in [2.75, 3.05) is 45.9 Å². The number of nitrogens with one attached hydrogen (secondary N) is 1. The predicted octanol–water partition coefficient (Wildman–Crippen LogP) is 2.81. The van der Waals surface area contributed by atoms with Gasteiger partial charge in [-0.15, -0.1) is 0 Å². The highest BCUT2D eigenvalue weighted by Gasteiger charge is 2.56. The maximum Gasteiger partial charge on any atom is 0.335 e. The quantitative estimate of drug-likeness (QED) is 0.401. The number of pyridine rings is 1. The zero-order valence-corrected chi connectivity index (χ0v) is 24.4. The molecule has 2 aromatic carbocycles. The summed E-state index contributed by atoms with van der Waals surface area (Å²) in [5.41, 5.74) is 0.337. The van der Waals surface area contributed by atoms with Gasteiger partial charge in [-0.1, -0.05) is 12.1 Å². The number of amides is 4. The molecule has 11 heteroatoms. The van der Waals surface area contributed by atoms with Crippen molar-refractivity contribution in [1.29, 1.82) is 0 Å². The number of piperidine rings is 1. The van der Waals surface area contributed by atoms with E-state index in [4.69, 9.17) is 14.2 Å². The van der Waals surface area contributed by atoms with E-state index < -0.39 is 23.3 Å². The highest BCUT2D eigenvalue weighted by Crippen LogP contribution is 2.40. The fourth-order valence-electron chi connectivity index (χ4n) is 6.84. The second-order valence-electron chi connectivity index (χ2n) is 11.4. The molecular weight excluding hydrogens is 552 g/mol. The number of fused-ring (bicyclic) bond motifs is 4. The lowest BCUT2D eigenvalue weighted by atomic mass is 9.75. The number of likely N-dealkylation sites (tertiary alicyclic amines) is 1. The zero-order valence-electron chi connectivity index (χ0n) is 24.4. The van der Waals surface area contributed by atoms with Crippen LogP contribution in [0.5, 0.6) is 17.2 Å². The first-order chi connectivity index (χ1) is 20.8. The number of imide groups is 2. The summed E-state index contributed by atoms with van der Waals surface area (Å²) in [5.74, 6) is 0.582. The fourth-order valence-corrected chi connectivity index (χ4v) is 6.84. The zero-order chi connectivity index (χ0) is 30.3. The van der Waals surface area contributed by atoms with Gasteiger partial charge in [-0.05, 0) is 66.8 Å². The summed E-state index contributed by atoms with van der Waals surface area (Å²) < 4.78 is 18.0. The number of carbonyl (C=O) groups excluding carboxylic acids is 3. The van der Waals surface area contributed by atoms with Crippen molar-refractivity contribution in [1.82, 2.24) is 14.8 Å². The highest BCUT2D eigenvalue weighted by molar-refractivity contribution is 6.30. The van der Waals surface area contributed by atoms with Crippen molar-refractivity contribution >= 4 is 23.5 Å². The lowest BCUT2D eigenvalue weighted by molar-refractivity contribution is -0.144. The summed E-state index contributed by atoms with van der Waals surface area (Å²) in [5, 5.41) is 2.48. The van der Waals surface area contributed by atoms with Gasteiger partial charge in [-0.2, -0.15) is 0 Å². The number of hydrogen-bond donors (Lipinski definition) is 1. The molecule has 6 rings (SSSR count). The maximum absolute atomic E-state index is 14.6. The van der Waals surface area contributed by atoms with Gasteiger partial charge in [0.15, 0.2) is 11.5 Å². The van der Waals surface area contributed by atoms with Crippen LogP contribution in [0.4, 0.5) is 10.5 Å². The molecule has 4 amide bonds. The Morgan fingerprint density at radius 3 is 2.35 bits per heavy atom. The molecule has 2 bridgehead atoms. The van der Waals surface area contributed by atoms with Gasteiger partial charge in [0.1, 0.15) is 11.2 Å². The van der Waals surface area contributed by atoms with E-state index in [2.05, 4.69) is 10.2 Å². The molecule has 3 aliphatic rings. The van der Waals surface area contributed by atoms with Gasteiger partial charge in [0.2, 0.25) is 5.91 Å². The molecule has 11 nitrogen and oxygen atoms in total.